The molecule has 156 valence electrons. The average molecular weight is 501 g/mol. The number of nitrogens with zero attached hydrogens (tertiary/aromatic N) is 3. The number of aliphatic imine (C=N–C) groups is 1. The van der Waals surface area contributed by atoms with Crippen LogP contribution in [0.2, 0.25) is 0 Å². The summed E-state index contributed by atoms with van der Waals surface area (Å²) in [5, 5.41) is 6.69. The predicted octanol–water partition coefficient (Wildman–Crippen LogP) is 3.28. The summed E-state index contributed by atoms with van der Waals surface area (Å²) in [6, 6.07) is 8.35. The number of likely N-dealkylation sites (N-methyl/N-ethyl adjacent to an activating group) is 1. The van der Waals surface area contributed by atoms with E-state index in [1.54, 1.807) is 7.11 Å². The Morgan fingerprint density at radius 3 is 2.39 bits per heavy atom. The SMILES string of the molecule is CCNC(=NCc1nc(C)c(C)o1)NCC(c1ccc(OC)cc1)N(C)C.I. The van der Waals surface area contributed by atoms with Gasteiger partial charge in [-0.1, -0.05) is 12.1 Å². The molecule has 8 heteroatoms. The highest BCUT2D eigenvalue weighted by Gasteiger charge is 2.15. The van der Waals surface area contributed by atoms with Crippen LogP contribution in [0.3, 0.4) is 0 Å². The summed E-state index contributed by atoms with van der Waals surface area (Å²) in [6.07, 6.45) is 0. The Labute approximate surface area is 185 Å². The lowest BCUT2D eigenvalue weighted by Crippen LogP contribution is -2.41. The van der Waals surface area contributed by atoms with Crippen molar-refractivity contribution in [3.05, 3.63) is 47.2 Å². The molecule has 28 heavy (non-hydrogen) atoms. The van der Waals surface area contributed by atoms with Crippen molar-refractivity contribution < 1.29 is 9.15 Å². The lowest BCUT2D eigenvalue weighted by molar-refractivity contribution is 0.298. The third-order valence-corrected chi connectivity index (χ3v) is 4.38. The molecule has 0 amide bonds. The Kier molecular flexibility index (Phi) is 10.3. The van der Waals surface area contributed by atoms with Crippen molar-refractivity contribution in [1.29, 1.82) is 0 Å². The van der Waals surface area contributed by atoms with Crippen molar-refractivity contribution in [3.8, 4) is 5.75 Å². The molecule has 2 N–H and O–H groups in total. The van der Waals surface area contributed by atoms with E-state index in [-0.39, 0.29) is 30.0 Å². The molecule has 1 aromatic heterocycles. The summed E-state index contributed by atoms with van der Waals surface area (Å²) in [4.78, 5) is 11.2. The first-order valence-electron chi connectivity index (χ1n) is 9.20. The molecule has 2 aromatic rings. The first-order chi connectivity index (χ1) is 12.9. The van der Waals surface area contributed by atoms with Crippen LogP contribution in [0.5, 0.6) is 5.75 Å². The number of methoxy groups -OCH3 is 1. The summed E-state index contributed by atoms with van der Waals surface area (Å²) >= 11 is 0. The van der Waals surface area contributed by atoms with E-state index >= 15 is 0 Å². The molecule has 0 aliphatic rings. The van der Waals surface area contributed by atoms with E-state index in [0.717, 1.165) is 36.3 Å². The molecule has 1 unspecified atom stereocenters. The number of aryl methyl sites for hydroxylation is 2. The van der Waals surface area contributed by atoms with Gasteiger partial charge in [0.25, 0.3) is 0 Å². The normalized spacial score (nSPS) is 12.5. The molecule has 0 spiro atoms. The summed E-state index contributed by atoms with van der Waals surface area (Å²) in [5.74, 6) is 3.06. The fourth-order valence-electron chi connectivity index (χ4n) is 2.71. The maximum atomic E-state index is 5.60. The number of hydrogen-bond donors (Lipinski definition) is 2. The lowest BCUT2D eigenvalue weighted by atomic mass is 10.1. The zero-order chi connectivity index (χ0) is 19.8. The minimum absolute atomic E-state index is 0. The van der Waals surface area contributed by atoms with E-state index in [1.807, 2.05) is 32.9 Å². The van der Waals surface area contributed by atoms with Gasteiger partial charge in [-0.15, -0.1) is 24.0 Å². The van der Waals surface area contributed by atoms with Crippen LogP contribution in [-0.4, -0.2) is 50.1 Å². The Hall–Kier alpha value is -1.81. The van der Waals surface area contributed by atoms with Crippen LogP contribution in [0.1, 0.15) is 35.9 Å². The summed E-state index contributed by atoms with van der Waals surface area (Å²) in [7, 11) is 5.81. The molecule has 1 heterocycles. The third-order valence-electron chi connectivity index (χ3n) is 4.38. The number of guanidine groups is 1. The molecule has 1 atom stereocenters. The second-order valence-corrected chi connectivity index (χ2v) is 6.58. The number of oxazole rings is 1. The summed E-state index contributed by atoms with van der Waals surface area (Å²) in [6.45, 7) is 7.80. The van der Waals surface area contributed by atoms with Gasteiger partial charge in [0.05, 0.1) is 18.8 Å². The van der Waals surface area contributed by atoms with Crippen molar-refractivity contribution in [3.63, 3.8) is 0 Å². The molecule has 0 saturated heterocycles. The molecule has 7 nitrogen and oxygen atoms in total. The van der Waals surface area contributed by atoms with Gasteiger partial charge in [0.1, 0.15) is 18.1 Å². The van der Waals surface area contributed by atoms with Crippen molar-refractivity contribution in [2.75, 3.05) is 34.3 Å². The molecule has 2 rings (SSSR count). The minimum atomic E-state index is 0. The Morgan fingerprint density at radius 2 is 1.89 bits per heavy atom. The van der Waals surface area contributed by atoms with Crippen LogP contribution in [0.4, 0.5) is 0 Å². The second-order valence-electron chi connectivity index (χ2n) is 6.58. The van der Waals surface area contributed by atoms with Crippen LogP contribution in [0.15, 0.2) is 33.7 Å². The van der Waals surface area contributed by atoms with Gasteiger partial charge in [-0.05, 0) is 52.6 Å². The Bertz CT molecular complexity index is 724. The fraction of sp³-hybridized carbons (Fsp3) is 0.500. The van der Waals surface area contributed by atoms with Gasteiger partial charge in [-0.2, -0.15) is 0 Å². The molecule has 0 fully saturated rings. The van der Waals surface area contributed by atoms with Crippen molar-refractivity contribution >= 4 is 29.9 Å². The second kappa shape index (κ2) is 11.9. The van der Waals surface area contributed by atoms with Crippen LogP contribution >= 0.6 is 24.0 Å². The number of benzene rings is 1. The van der Waals surface area contributed by atoms with Gasteiger partial charge in [0, 0.05) is 13.1 Å². The Balaban J connectivity index is 0.00000392. The van der Waals surface area contributed by atoms with Gasteiger partial charge in [0.2, 0.25) is 5.89 Å². The van der Waals surface area contributed by atoms with Crippen molar-refractivity contribution in [1.82, 2.24) is 20.5 Å². The van der Waals surface area contributed by atoms with Crippen LogP contribution in [0.25, 0.3) is 0 Å². The highest BCUT2D eigenvalue weighted by molar-refractivity contribution is 14.0. The largest absolute Gasteiger partial charge is 0.497 e. The van der Waals surface area contributed by atoms with Gasteiger partial charge in [-0.25, -0.2) is 9.98 Å². The standard InChI is InChI=1S/C20H31N5O2.HI/c1-7-21-20(23-13-19-24-14(2)15(3)27-19)22-12-18(25(4)5)16-8-10-17(26-6)11-9-16;/h8-11,18H,7,12-13H2,1-6H3,(H2,21,22,23);1H. The monoisotopic (exact) mass is 501 g/mol. The van der Waals surface area contributed by atoms with Crippen LogP contribution < -0.4 is 15.4 Å². The van der Waals surface area contributed by atoms with Crippen molar-refractivity contribution in [2.45, 2.75) is 33.4 Å². The van der Waals surface area contributed by atoms with Gasteiger partial charge < -0.3 is 24.7 Å². The van der Waals surface area contributed by atoms with E-state index in [1.165, 1.54) is 5.56 Å². The topological polar surface area (TPSA) is 74.9 Å². The zero-order valence-corrected chi connectivity index (χ0v) is 19.9. The number of ether oxygens (including phenoxy) is 1. The van der Waals surface area contributed by atoms with E-state index < -0.39 is 0 Å². The highest BCUT2D eigenvalue weighted by atomic mass is 127. The predicted molar refractivity (Wildman–Crippen MR) is 124 cm³/mol. The van der Waals surface area contributed by atoms with Crippen LogP contribution in [0, 0.1) is 13.8 Å². The Morgan fingerprint density at radius 1 is 1.21 bits per heavy atom. The van der Waals surface area contributed by atoms with Crippen molar-refractivity contribution in [2.24, 2.45) is 4.99 Å². The molecule has 0 bridgehead atoms. The average Bonchev–Trinajstić information content (AvgIpc) is 2.97. The fourth-order valence-corrected chi connectivity index (χ4v) is 2.71. The first-order valence-corrected chi connectivity index (χ1v) is 9.20. The molecule has 0 aliphatic heterocycles. The van der Waals surface area contributed by atoms with Crippen LogP contribution in [-0.2, 0) is 6.54 Å². The molecule has 0 aliphatic carbocycles. The molecule has 0 radical (unpaired) electrons. The number of aromatic nitrogens is 1. The number of halogens is 1. The smallest absolute Gasteiger partial charge is 0.216 e. The summed E-state index contributed by atoms with van der Waals surface area (Å²) in [5.41, 5.74) is 2.12. The summed E-state index contributed by atoms with van der Waals surface area (Å²) < 4.78 is 10.9. The molecule has 0 saturated carbocycles. The third kappa shape index (κ3) is 6.97. The van der Waals surface area contributed by atoms with E-state index in [4.69, 9.17) is 9.15 Å². The van der Waals surface area contributed by atoms with Gasteiger partial charge >= 0.3 is 0 Å². The molecular weight excluding hydrogens is 469 g/mol. The zero-order valence-electron chi connectivity index (χ0n) is 17.6. The quantitative estimate of drug-likeness (QED) is 0.329. The maximum Gasteiger partial charge on any atom is 0.216 e. The number of nitrogens with one attached hydrogen (secondary N) is 2. The number of hydrogen-bond acceptors (Lipinski definition) is 5. The highest BCUT2D eigenvalue weighted by Crippen LogP contribution is 2.20. The lowest BCUT2D eigenvalue weighted by Gasteiger charge is -2.26. The van der Waals surface area contributed by atoms with E-state index in [0.29, 0.717) is 12.4 Å². The van der Waals surface area contributed by atoms with Gasteiger partial charge in [-0.3, -0.25) is 0 Å². The molecular formula is C20H32IN5O2. The van der Waals surface area contributed by atoms with Gasteiger partial charge in [0.15, 0.2) is 5.96 Å². The minimum Gasteiger partial charge on any atom is -0.497 e. The maximum absolute atomic E-state index is 5.60. The van der Waals surface area contributed by atoms with E-state index in [2.05, 4.69) is 51.7 Å². The molecule has 1 aromatic carbocycles. The number of rotatable bonds is 8. The van der Waals surface area contributed by atoms with E-state index in [9.17, 15) is 0 Å². The first kappa shape index (κ1) is 24.2.